The lowest BCUT2D eigenvalue weighted by Gasteiger charge is -2.42. The second kappa shape index (κ2) is 11.3. The van der Waals surface area contributed by atoms with Gasteiger partial charge in [-0.3, -0.25) is 4.79 Å². The van der Waals surface area contributed by atoms with Crippen molar-refractivity contribution in [1.82, 2.24) is 0 Å². The summed E-state index contributed by atoms with van der Waals surface area (Å²) in [5.41, 5.74) is -1.06. The zero-order valence-corrected chi connectivity index (χ0v) is 21.4. The lowest BCUT2D eigenvalue weighted by atomic mass is 10.0. The van der Waals surface area contributed by atoms with Gasteiger partial charge in [0.25, 0.3) is 0 Å². The molecule has 0 radical (unpaired) electrons. The molecule has 2 saturated heterocycles. The number of hydrogen-bond acceptors (Lipinski definition) is 15. The standard InChI is InChI=1S/C26H28O15/c1-36-15-3-2-9(4-11(15)28)22-24(19(33)17-12(29)5-10(27)6-16(17)39-22)41-26-21(35)23(14(31)8-38-26)40-25-20(34)18(32)13(30)7-37-25/h2-6,13-14,18,20-21,23,25-32,34-35H,7-8H2,1H3/t13-,14-,18+,20-,21-,23+,25+,26+/m1/s1. The van der Waals surface area contributed by atoms with Crippen LogP contribution in [0.25, 0.3) is 22.3 Å². The van der Waals surface area contributed by atoms with E-state index < -0.39 is 85.1 Å². The predicted octanol–water partition coefficient (Wildman–Crippen LogP) is -1.13. The van der Waals surface area contributed by atoms with E-state index in [1.807, 2.05) is 0 Å². The molecule has 2 fully saturated rings. The molecule has 0 bridgehead atoms. The average Bonchev–Trinajstić information content (AvgIpc) is 2.93. The van der Waals surface area contributed by atoms with E-state index in [0.29, 0.717) is 0 Å². The molecule has 8 atom stereocenters. The van der Waals surface area contributed by atoms with Gasteiger partial charge in [-0.25, -0.2) is 0 Å². The fourth-order valence-corrected chi connectivity index (χ4v) is 4.61. The summed E-state index contributed by atoms with van der Waals surface area (Å²) in [4.78, 5) is 13.6. The summed E-state index contributed by atoms with van der Waals surface area (Å²) in [6.07, 6.45) is -12.8. The molecular formula is C26H28O15. The largest absolute Gasteiger partial charge is 0.508 e. The van der Waals surface area contributed by atoms with E-state index in [-0.39, 0.29) is 33.8 Å². The number of hydrogen-bond donors (Lipinski definition) is 8. The van der Waals surface area contributed by atoms with Crippen LogP contribution in [0.5, 0.6) is 28.7 Å². The number of ether oxygens (including phenoxy) is 5. The van der Waals surface area contributed by atoms with E-state index >= 15 is 0 Å². The Bertz CT molecular complexity index is 1470. The number of phenols is 3. The molecule has 15 heteroatoms. The van der Waals surface area contributed by atoms with Crippen LogP contribution in [0.15, 0.2) is 39.5 Å². The zero-order chi connectivity index (χ0) is 29.6. The highest BCUT2D eigenvalue weighted by atomic mass is 16.7. The molecule has 8 N–H and O–H groups in total. The van der Waals surface area contributed by atoms with Crippen molar-refractivity contribution in [2.45, 2.75) is 49.2 Å². The van der Waals surface area contributed by atoms with Gasteiger partial charge in [-0.05, 0) is 18.2 Å². The Morgan fingerprint density at radius 2 is 1.54 bits per heavy atom. The summed E-state index contributed by atoms with van der Waals surface area (Å²) < 4.78 is 32.7. The van der Waals surface area contributed by atoms with Crippen LogP contribution in [-0.2, 0) is 14.2 Å². The quantitative estimate of drug-likeness (QED) is 0.172. The van der Waals surface area contributed by atoms with Crippen LogP contribution in [0.3, 0.4) is 0 Å². The molecular weight excluding hydrogens is 552 g/mol. The number of aliphatic hydroxyl groups excluding tert-OH is 5. The minimum atomic E-state index is -1.82. The SMILES string of the molecule is COc1ccc(-c2oc3cc(O)cc(O)c3c(=O)c2O[C@@H]2OC[C@@H](O)[C@H](O[C@@H]3OC[C@@H](O)[C@H](O)[C@H]3O)[C@H]2O)cc1O. The first kappa shape index (κ1) is 28.8. The molecule has 0 saturated carbocycles. The van der Waals surface area contributed by atoms with Crippen molar-refractivity contribution >= 4 is 11.0 Å². The Hall–Kier alpha value is -3.67. The monoisotopic (exact) mass is 580 g/mol. The van der Waals surface area contributed by atoms with Gasteiger partial charge in [0.05, 0.1) is 20.3 Å². The maximum atomic E-state index is 13.6. The molecule has 0 aliphatic carbocycles. The second-order valence-electron chi connectivity index (χ2n) is 9.54. The third kappa shape index (κ3) is 5.37. The van der Waals surface area contributed by atoms with Crippen molar-refractivity contribution in [1.29, 1.82) is 0 Å². The Kier molecular flexibility index (Phi) is 7.95. The number of methoxy groups -OCH3 is 1. The number of aromatic hydroxyl groups is 3. The van der Waals surface area contributed by atoms with Crippen molar-refractivity contribution in [2.24, 2.45) is 0 Å². The van der Waals surface area contributed by atoms with Crippen molar-refractivity contribution in [2.75, 3.05) is 20.3 Å². The Balaban J connectivity index is 1.52. The first-order valence-corrected chi connectivity index (χ1v) is 12.4. The first-order valence-electron chi connectivity index (χ1n) is 12.4. The zero-order valence-electron chi connectivity index (χ0n) is 21.4. The molecule has 0 spiro atoms. The number of rotatable bonds is 6. The molecule has 222 valence electrons. The van der Waals surface area contributed by atoms with Crippen LogP contribution >= 0.6 is 0 Å². The third-order valence-electron chi connectivity index (χ3n) is 6.76. The first-order chi connectivity index (χ1) is 19.5. The van der Waals surface area contributed by atoms with Gasteiger partial charge in [0.1, 0.15) is 59.1 Å². The number of phenolic OH excluding ortho intramolecular Hbond substituents is 3. The second-order valence-corrected chi connectivity index (χ2v) is 9.54. The van der Waals surface area contributed by atoms with Crippen LogP contribution < -0.4 is 14.9 Å². The highest BCUT2D eigenvalue weighted by molar-refractivity contribution is 5.88. The van der Waals surface area contributed by atoms with Gasteiger partial charge in [-0.1, -0.05) is 0 Å². The van der Waals surface area contributed by atoms with Crippen LogP contribution in [-0.4, -0.2) is 110 Å². The van der Waals surface area contributed by atoms with Crippen LogP contribution in [0, 0.1) is 0 Å². The Morgan fingerprint density at radius 1 is 0.829 bits per heavy atom. The van der Waals surface area contributed by atoms with Gasteiger partial charge < -0.3 is 69.0 Å². The van der Waals surface area contributed by atoms with E-state index in [0.717, 1.165) is 12.1 Å². The molecule has 3 aromatic rings. The Morgan fingerprint density at radius 3 is 2.24 bits per heavy atom. The fourth-order valence-electron chi connectivity index (χ4n) is 4.61. The number of aliphatic hydroxyl groups is 5. The van der Waals surface area contributed by atoms with E-state index in [2.05, 4.69) is 0 Å². The van der Waals surface area contributed by atoms with Gasteiger partial charge in [-0.15, -0.1) is 0 Å². The van der Waals surface area contributed by atoms with Crippen LogP contribution in [0.2, 0.25) is 0 Å². The topological polar surface area (TPSA) is 238 Å². The molecule has 0 amide bonds. The van der Waals surface area contributed by atoms with Crippen molar-refractivity contribution in [3.05, 3.63) is 40.6 Å². The van der Waals surface area contributed by atoms with Gasteiger partial charge in [0.15, 0.2) is 23.5 Å². The maximum absolute atomic E-state index is 13.6. The van der Waals surface area contributed by atoms with Crippen molar-refractivity contribution in [3.63, 3.8) is 0 Å². The van der Waals surface area contributed by atoms with Gasteiger partial charge >= 0.3 is 0 Å². The Labute approximate surface area is 230 Å². The van der Waals surface area contributed by atoms with E-state index in [9.17, 15) is 45.6 Å². The van der Waals surface area contributed by atoms with E-state index in [1.54, 1.807) is 0 Å². The molecule has 5 rings (SSSR count). The summed E-state index contributed by atoms with van der Waals surface area (Å²) in [6.45, 7) is -0.870. The number of benzene rings is 2. The highest BCUT2D eigenvalue weighted by Crippen LogP contribution is 2.39. The van der Waals surface area contributed by atoms with Crippen LogP contribution in [0.1, 0.15) is 0 Å². The molecule has 0 unspecified atom stereocenters. The van der Waals surface area contributed by atoms with E-state index in [4.69, 9.17) is 28.1 Å². The molecule has 1 aromatic heterocycles. The molecule has 2 aliphatic rings. The van der Waals surface area contributed by atoms with Gasteiger partial charge in [-0.2, -0.15) is 0 Å². The van der Waals surface area contributed by atoms with Crippen LogP contribution in [0.4, 0.5) is 0 Å². The summed E-state index contributed by atoms with van der Waals surface area (Å²) in [7, 11) is 1.33. The summed E-state index contributed by atoms with van der Waals surface area (Å²) in [5, 5.41) is 81.5. The summed E-state index contributed by atoms with van der Waals surface area (Å²) in [6, 6.07) is 6.00. The predicted molar refractivity (Wildman–Crippen MR) is 134 cm³/mol. The molecule has 41 heavy (non-hydrogen) atoms. The smallest absolute Gasteiger partial charge is 0.239 e. The molecule has 3 heterocycles. The minimum absolute atomic E-state index is 0.101. The lowest BCUT2D eigenvalue weighted by molar-refractivity contribution is -0.326. The molecule has 2 aliphatic heterocycles. The molecule has 2 aromatic carbocycles. The number of fused-ring (bicyclic) bond motifs is 1. The maximum Gasteiger partial charge on any atom is 0.239 e. The van der Waals surface area contributed by atoms with Crippen molar-refractivity contribution < 1.29 is 69.0 Å². The molecule has 15 nitrogen and oxygen atoms in total. The summed E-state index contributed by atoms with van der Waals surface area (Å²) >= 11 is 0. The van der Waals surface area contributed by atoms with Crippen molar-refractivity contribution in [3.8, 4) is 40.1 Å². The third-order valence-corrected chi connectivity index (χ3v) is 6.76. The van der Waals surface area contributed by atoms with Gasteiger partial charge in [0.2, 0.25) is 17.5 Å². The minimum Gasteiger partial charge on any atom is -0.508 e. The summed E-state index contributed by atoms with van der Waals surface area (Å²) in [5.74, 6) is -2.10. The van der Waals surface area contributed by atoms with E-state index in [1.165, 1.54) is 25.3 Å². The normalized spacial score (nSPS) is 30.3. The fraction of sp³-hybridized carbons (Fsp3) is 0.423. The van der Waals surface area contributed by atoms with Gasteiger partial charge in [0, 0.05) is 17.7 Å². The highest BCUT2D eigenvalue weighted by Gasteiger charge is 2.47. The lowest BCUT2D eigenvalue weighted by Crippen LogP contribution is -2.61. The average molecular weight is 580 g/mol.